The third-order valence-electron chi connectivity index (χ3n) is 4.60. The van der Waals surface area contributed by atoms with Crippen LogP contribution >= 0.6 is 0 Å². The Morgan fingerprint density at radius 1 is 1.26 bits per heavy atom. The quantitative estimate of drug-likeness (QED) is 0.879. The lowest BCUT2D eigenvalue weighted by atomic mass is 9.75. The fraction of sp³-hybridized carbons (Fsp3) is 0.625. The van der Waals surface area contributed by atoms with E-state index >= 15 is 0 Å². The highest BCUT2D eigenvalue weighted by atomic mass is 19.1. The molecule has 3 heteroatoms. The van der Waals surface area contributed by atoms with Gasteiger partial charge in [-0.25, -0.2) is 4.39 Å². The van der Waals surface area contributed by atoms with E-state index in [0.717, 1.165) is 31.2 Å². The average Bonchev–Trinajstić information content (AvgIpc) is 2.36. The van der Waals surface area contributed by atoms with Crippen LogP contribution in [0.4, 0.5) is 4.39 Å². The van der Waals surface area contributed by atoms with E-state index in [1.165, 1.54) is 25.3 Å². The highest BCUT2D eigenvalue weighted by Gasteiger charge is 2.40. The summed E-state index contributed by atoms with van der Waals surface area (Å²) in [4.78, 5) is 0. The molecule has 2 unspecified atom stereocenters. The summed E-state index contributed by atoms with van der Waals surface area (Å²) < 4.78 is 13.1. The molecule has 1 aromatic carbocycles. The molecule has 2 fully saturated rings. The van der Waals surface area contributed by atoms with Crippen molar-refractivity contribution in [1.29, 1.82) is 0 Å². The second kappa shape index (κ2) is 5.22. The molecule has 104 valence electrons. The summed E-state index contributed by atoms with van der Waals surface area (Å²) in [6, 6.07) is 7.67. The first-order valence-corrected chi connectivity index (χ1v) is 7.36. The second-order valence-corrected chi connectivity index (χ2v) is 6.25. The zero-order valence-electron chi connectivity index (χ0n) is 11.2. The van der Waals surface area contributed by atoms with E-state index in [-0.39, 0.29) is 5.82 Å². The molecule has 19 heavy (non-hydrogen) atoms. The minimum absolute atomic E-state index is 0.188. The van der Waals surface area contributed by atoms with Crippen molar-refractivity contribution >= 4 is 0 Å². The van der Waals surface area contributed by atoms with Gasteiger partial charge in [0.05, 0.1) is 5.60 Å². The molecule has 3 rings (SSSR count). The van der Waals surface area contributed by atoms with E-state index in [9.17, 15) is 9.50 Å². The SMILES string of the molecule is OC1(CCc2cccc(F)c2)CC2CCCC(C1)N2. The molecule has 2 heterocycles. The topological polar surface area (TPSA) is 32.3 Å². The largest absolute Gasteiger partial charge is 0.390 e. The molecule has 0 amide bonds. The number of aliphatic hydroxyl groups is 1. The molecule has 2 aliphatic heterocycles. The van der Waals surface area contributed by atoms with Crippen molar-refractivity contribution in [1.82, 2.24) is 5.32 Å². The Labute approximate surface area is 114 Å². The molecule has 0 saturated carbocycles. The lowest BCUT2D eigenvalue weighted by Gasteiger charge is -2.45. The molecule has 1 aromatic rings. The van der Waals surface area contributed by atoms with Crippen molar-refractivity contribution in [2.45, 2.75) is 62.6 Å². The van der Waals surface area contributed by atoms with Crippen LogP contribution in [0.2, 0.25) is 0 Å². The van der Waals surface area contributed by atoms with Gasteiger partial charge in [0.25, 0.3) is 0 Å². The number of rotatable bonds is 3. The van der Waals surface area contributed by atoms with Crippen LogP contribution in [0.15, 0.2) is 24.3 Å². The van der Waals surface area contributed by atoms with Crippen molar-refractivity contribution in [3.05, 3.63) is 35.6 Å². The minimum Gasteiger partial charge on any atom is -0.390 e. The minimum atomic E-state index is -0.562. The molecule has 0 radical (unpaired) electrons. The van der Waals surface area contributed by atoms with Gasteiger partial charge in [-0.2, -0.15) is 0 Å². The van der Waals surface area contributed by atoms with E-state index in [1.807, 2.05) is 6.07 Å². The zero-order chi connectivity index (χ0) is 13.3. The summed E-state index contributed by atoms with van der Waals surface area (Å²) in [7, 11) is 0. The van der Waals surface area contributed by atoms with Crippen LogP contribution in [0, 0.1) is 5.82 Å². The summed E-state index contributed by atoms with van der Waals surface area (Å²) in [5.41, 5.74) is 0.421. The molecular formula is C16H22FNO. The first kappa shape index (κ1) is 13.1. The third kappa shape index (κ3) is 3.15. The molecule has 2 bridgehead atoms. The lowest BCUT2D eigenvalue weighted by Crippen LogP contribution is -2.55. The van der Waals surface area contributed by atoms with Crippen LogP contribution in [-0.4, -0.2) is 22.8 Å². The number of nitrogens with one attached hydrogen (secondary N) is 1. The van der Waals surface area contributed by atoms with E-state index < -0.39 is 5.60 Å². The Morgan fingerprint density at radius 3 is 2.68 bits per heavy atom. The maximum atomic E-state index is 13.1. The summed E-state index contributed by atoms with van der Waals surface area (Å²) in [5, 5.41) is 14.4. The third-order valence-corrected chi connectivity index (χ3v) is 4.60. The van der Waals surface area contributed by atoms with Crippen LogP contribution in [0.5, 0.6) is 0 Å². The normalized spacial score (nSPS) is 34.2. The summed E-state index contributed by atoms with van der Waals surface area (Å²) in [6.45, 7) is 0. The van der Waals surface area contributed by atoms with Gasteiger partial charge in [-0.15, -0.1) is 0 Å². The predicted molar refractivity (Wildman–Crippen MR) is 73.5 cm³/mol. The molecule has 0 aromatic heterocycles. The van der Waals surface area contributed by atoms with Gasteiger partial charge in [-0.3, -0.25) is 0 Å². The van der Waals surface area contributed by atoms with Crippen molar-refractivity contribution in [3.63, 3.8) is 0 Å². The van der Waals surface area contributed by atoms with E-state index in [0.29, 0.717) is 12.1 Å². The monoisotopic (exact) mass is 263 g/mol. The molecular weight excluding hydrogens is 241 g/mol. The van der Waals surface area contributed by atoms with Crippen molar-refractivity contribution in [3.8, 4) is 0 Å². The van der Waals surface area contributed by atoms with Gasteiger partial charge in [-0.1, -0.05) is 18.6 Å². The maximum Gasteiger partial charge on any atom is 0.123 e. The average molecular weight is 263 g/mol. The highest BCUT2D eigenvalue weighted by Crippen LogP contribution is 2.35. The molecule has 0 aliphatic carbocycles. The second-order valence-electron chi connectivity index (χ2n) is 6.25. The number of fused-ring (bicyclic) bond motifs is 2. The Hall–Kier alpha value is -0.930. The number of hydrogen-bond acceptors (Lipinski definition) is 2. The van der Waals surface area contributed by atoms with Crippen LogP contribution in [0.3, 0.4) is 0 Å². The van der Waals surface area contributed by atoms with Gasteiger partial charge in [0.1, 0.15) is 5.82 Å². The Morgan fingerprint density at radius 2 is 2.00 bits per heavy atom. The van der Waals surface area contributed by atoms with Crippen LogP contribution in [0.1, 0.15) is 44.1 Å². The number of hydrogen-bond donors (Lipinski definition) is 2. The molecule has 0 spiro atoms. The van der Waals surface area contributed by atoms with Gasteiger partial charge in [0, 0.05) is 12.1 Å². The molecule has 2 N–H and O–H groups in total. The Kier molecular flexibility index (Phi) is 3.59. The highest BCUT2D eigenvalue weighted by molar-refractivity contribution is 5.17. The summed E-state index contributed by atoms with van der Waals surface area (Å²) >= 11 is 0. The molecule has 2 nitrogen and oxygen atoms in total. The molecule has 2 saturated heterocycles. The van der Waals surface area contributed by atoms with Gasteiger partial charge in [-0.05, 0) is 56.2 Å². The molecule has 2 atom stereocenters. The van der Waals surface area contributed by atoms with E-state index in [2.05, 4.69) is 5.32 Å². The standard InChI is InChI=1S/C16H22FNO/c17-13-4-1-3-12(9-13)7-8-16(19)10-14-5-2-6-15(11-16)18-14/h1,3-4,9,14-15,18-19H,2,5-8,10-11H2. The lowest BCUT2D eigenvalue weighted by molar-refractivity contribution is -0.0368. The molecule has 2 aliphatic rings. The maximum absolute atomic E-state index is 13.1. The smallest absolute Gasteiger partial charge is 0.123 e. The van der Waals surface area contributed by atoms with Crippen molar-refractivity contribution in [2.24, 2.45) is 0 Å². The fourth-order valence-corrected chi connectivity index (χ4v) is 3.71. The van der Waals surface area contributed by atoms with E-state index in [4.69, 9.17) is 0 Å². The summed E-state index contributed by atoms with van der Waals surface area (Å²) in [5.74, 6) is -0.188. The Bertz CT molecular complexity index is 436. The van der Waals surface area contributed by atoms with Gasteiger partial charge in [0.2, 0.25) is 0 Å². The van der Waals surface area contributed by atoms with Gasteiger partial charge in [0.15, 0.2) is 0 Å². The van der Waals surface area contributed by atoms with E-state index in [1.54, 1.807) is 12.1 Å². The fourth-order valence-electron chi connectivity index (χ4n) is 3.71. The number of piperidine rings is 2. The Balaban J connectivity index is 1.62. The predicted octanol–water partition coefficient (Wildman–Crippen LogP) is 2.79. The van der Waals surface area contributed by atoms with Crippen LogP contribution < -0.4 is 5.32 Å². The number of halogens is 1. The zero-order valence-corrected chi connectivity index (χ0v) is 11.2. The first-order chi connectivity index (χ1) is 9.13. The first-order valence-electron chi connectivity index (χ1n) is 7.36. The van der Waals surface area contributed by atoms with Gasteiger partial charge < -0.3 is 10.4 Å². The van der Waals surface area contributed by atoms with Crippen LogP contribution in [-0.2, 0) is 6.42 Å². The van der Waals surface area contributed by atoms with Crippen LogP contribution in [0.25, 0.3) is 0 Å². The summed E-state index contributed by atoms with van der Waals surface area (Å²) in [6.07, 6.45) is 6.83. The van der Waals surface area contributed by atoms with Crippen molar-refractivity contribution in [2.75, 3.05) is 0 Å². The number of benzene rings is 1. The van der Waals surface area contributed by atoms with Crippen molar-refractivity contribution < 1.29 is 9.50 Å². The number of aryl methyl sites for hydroxylation is 1. The van der Waals surface area contributed by atoms with Gasteiger partial charge >= 0.3 is 0 Å².